The summed E-state index contributed by atoms with van der Waals surface area (Å²) in [7, 11) is -3.76. The van der Waals surface area contributed by atoms with Crippen LogP contribution in [0.5, 0.6) is 0 Å². The minimum atomic E-state index is -3.76. The maximum Gasteiger partial charge on any atom is 0.408 e. The molecule has 0 aromatic rings. The molecule has 1 heterocycles. The third-order valence-electron chi connectivity index (χ3n) is 7.51. The van der Waals surface area contributed by atoms with Crippen LogP contribution in [0.15, 0.2) is 12.7 Å². The third-order valence-corrected chi connectivity index (χ3v) is 10.3. The van der Waals surface area contributed by atoms with Gasteiger partial charge in [0.05, 0.1) is 19.3 Å². The molecule has 3 amide bonds. The summed E-state index contributed by atoms with van der Waals surface area (Å²) >= 11 is 0. The summed E-state index contributed by atoms with van der Waals surface area (Å²) in [5, 5.41) is 14.7. The van der Waals surface area contributed by atoms with Gasteiger partial charge in [0.1, 0.15) is 23.5 Å². The van der Waals surface area contributed by atoms with Crippen molar-refractivity contribution in [2.75, 3.05) is 19.8 Å². The van der Waals surface area contributed by atoms with Gasteiger partial charge in [0.15, 0.2) is 0 Å². The van der Waals surface area contributed by atoms with E-state index in [1.807, 2.05) is 0 Å². The van der Waals surface area contributed by atoms with Crippen LogP contribution in [0.2, 0.25) is 0 Å². The Morgan fingerprint density at radius 2 is 1.79 bits per heavy atom. The molecule has 38 heavy (non-hydrogen) atoms. The molecule has 12 heteroatoms. The first kappa shape index (κ1) is 30.6. The molecule has 2 saturated carbocycles. The van der Waals surface area contributed by atoms with Crippen molar-refractivity contribution in [1.82, 2.24) is 15.5 Å². The highest BCUT2D eigenvalue weighted by atomic mass is 31.2. The number of aliphatic hydroxyl groups excluding tert-OH is 1. The number of nitrogens with zero attached hydrogens (tertiary/aromatic N) is 1. The molecule has 3 N–H and O–H groups in total. The van der Waals surface area contributed by atoms with E-state index in [4.69, 9.17) is 13.8 Å². The number of rotatable bonds is 11. The molecular formula is C26H44N3O8P. The van der Waals surface area contributed by atoms with Crippen molar-refractivity contribution in [1.29, 1.82) is 0 Å². The van der Waals surface area contributed by atoms with Crippen LogP contribution in [0.4, 0.5) is 4.79 Å². The van der Waals surface area contributed by atoms with Crippen LogP contribution in [0.1, 0.15) is 73.1 Å². The molecule has 3 rings (SSSR count). The fourth-order valence-corrected chi connectivity index (χ4v) is 7.81. The lowest BCUT2D eigenvalue weighted by Gasteiger charge is -2.36. The fourth-order valence-electron chi connectivity index (χ4n) is 5.42. The third kappa shape index (κ3) is 6.43. The molecule has 11 nitrogen and oxygen atoms in total. The Morgan fingerprint density at radius 3 is 2.29 bits per heavy atom. The molecule has 0 aromatic heterocycles. The average molecular weight is 558 g/mol. The number of ether oxygens (including phenoxy) is 1. The van der Waals surface area contributed by atoms with Crippen LogP contribution >= 0.6 is 7.60 Å². The number of carbonyl (C=O) groups excluding carboxylic acids is 3. The molecular weight excluding hydrogens is 513 g/mol. The molecule has 216 valence electrons. The Morgan fingerprint density at radius 1 is 1.18 bits per heavy atom. The van der Waals surface area contributed by atoms with Gasteiger partial charge in [0, 0.05) is 18.9 Å². The van der Waals surface area contributed by atoms with E-state index in [0.717, 1.165) is 25.7 Å². The predicted octanol–water partition coefficient (Wildman–Crippen LogP) is 3.32. The summed E-state index contributed by atoms with van der Waals surface area (Å²) in [4.78, 5) is 41.3. The van der Waals surface area contributed by atoms with Gasteiger partial charge in [-0.15, -0.1) is 6.58 Å². The van der Waals surface area contributed by atoms with Crippen LogP contribution in [0.25, 0.3) is 0 Å². The Labute approximate surface area is 225 Å². The second kappa shape index (κ2) is 12.1. The van der Waals surface area contributed by atoms with Crippen LogP contribution in [-0.2, 0) is 27.9 Å². The minimum absolute atomic E-state index is 0.00334. The highest BCUT2D eigenvalue weighted by Gasteiger charge is 2.68. The van der Waals surface area contributed by atoms with E-state index in [-0.39, 0.29) is 38.2 Å². The minimum Gasteiger partial charge on any atom is -0.446 e. The predicted molar refractivity (Wildman–Crippen MR) is 141 cm³/mol. The van der Waals surface area contributed by atoms with E-state index >= 15 is 0 Å². The summed E-state index contributed by atoms with van der Waals surface area (Å²) in [6, 6.07) is -2.03. The molecule has 0 radical (unpaired) electrons. The number of hydrogen-bond acceptors (Lipinski definition) is 8. The van der Waals surface area contributed by atoms with Crippen LogP contribution < -0.4 is 10.6 Å². The van der Waals surface area contributed by atoms with Crippen LogP contribution in [0.3, 0.4) is 0 Å². The van der Waals surface area contributed by atoms with Gasteiger partial charge in [-0.3, -0.25) is 14.2 Å². The standard InChI is InChI=1S/C26H44N3O8P/c1-7-17-15-26(17,38(34,35-8-2)36-9-3)28-22(31)20-14-18(30)16-29(20)23(32)21(25(4,5)6)27-24(33)37-19-12-10-11-13-19/h7,17-21,30H,1,8-16H2,2-6H3,(H,27,33)(H,28,31)/t17?,18-,20-,21+,26?/m0/s1. The number of likely N-dealkylation sites (tertiary alicyclic amines) is 1. The van der Waals surface area contributed by atoms with Gasteiger partial charge in [0.2, 0.25) is 11.8 Å². The van der Waals surface area contributed by atoms with E-state index in [1.54, 1.807) is 40.7 Å². The van der Waals surface area contributed by atoms with Gasteiger partial charge in [-0.05, 0) is 51.4 Å². The van der Waals surface area contributed by atoms with Gasteiger partial charge >= 0.3 is 13.7 Å². The quantitative estimate of drug-likeness (QED) is 0.259. The van der Waals surface area contributed by atoms with E-state index < -0.39 is 54.4 Å². The lowest BCUT2D eigenvalue weighted by molar-refractivity contribution is -0.142. The molecule has 0 bridgehead atoms. The number of nitrogens with one attached hydrogen (secondary N) is 2. The number of alkyl carbamates (subject to hydrolysis) is 1. The van der Waals surface area contributed by atoms with E-state index in [0.29, 0.717) is 6.42 Å². The zero-order chi connectivity index (χ0) is 28.3. The van der Waals surface area contributed by atoms with Gasteiger partial charge < -0.3 is 34.4 Å². The number of amides is 3. The summed E-state index contributed by atoms with van der Waals surface area (Å²) in [6.07, 6.45) is 3.73. The smallest absolute Gasteiger partial charge is 0.408 e. The highest BCUT2D eigenvalue weighted by Crippen LogP contribution is 2.72. The molecule has 1 saturated heterocycles. The maximum atomic E-state index is 13.8. The van der Waals surface area contributed by atoms with Crippen molar-refractivity contribution in [2.24, 2.45) is 11.3 Å². The number of carbonyl (C=O) groups is 3. The molecule has 1 aliphatic heterocycles. The molecule has 2 unspecified atom stereocenters. The fraction of sp³-hybridized carbons (Fsp3) is 0.808. The van der Waals surface area contributed by atoms with Gasteiger partial charge in [-0.2, -0.15) is 0 Å². The van der Waals surface area contributed by atoms with Crippen molar-refractivity contribution in [3.8, 4) is 0 Å². The number of β-amino-alcohol motifs (C(OH)–C–C–N with tert-alkyl or cyclic N) is 1. The Hall–Kier alpha value is -1.94. The van der Waals surface area contributed by atoms with Crippen LogP contribution in [0, 0.1) is 11.3 Å². The molecule has 2 aliphatic carbocycles. The maximum absolute atomic E-state index is 13.8. The molecule has 0 aromatic carbocycles. The lowest BCUT2D eigenvalue weighted by atomic mass is 9.85. The first-order valence-corrected chi connectivity index (χ1v) is 15.2. The Balaban J connectivity index is 1.80. The van der Waals surface area contributed by atoms with Crippen molar-refractivity contribution < 1.29 is 37.8 Å². The monoisotopic (exact) mass is 557 g/mol. The van der Waals surface area contributed by atoms with E-state index in [2.05, 4.69) is 17.2 Å². The van der Waals surface area contributed by atoms with Crippen molar-refractivity contribution in [3.63, 3.8) is 0 Å². The normalized spacial score (nSPS) is 28.6. The second-order valence-corrected chi connectivity index (χ2v) is 13.8. The first-order valence-electron chi connectivity index (χ1n) is 13.6. The number of hydrogen-bond donors (Lipinski definition) is 3. The van der Waals surface area contributed by atoms with E-state index in [9.17, 15) is 24.1 Å². The molecule has 3 aliphatic rings. The average Bonchev–Trinajstić information content (AvgIpc) is 3.13. The lowest BCUT2D eigenvalue weighted by Crippen LogP contribution is -2.58. The molecule has 3 fully saturated rings. The SMILES string of the molecule is C=CC1CC1(NC(=O)[C@@H]1C[C@H](O)CN1C(=O)[C@@H](NC(=O)OC1CCCC1)C(C)(C)C)P(=O)(OCC)OCC. The molecule has 0 spiro atoms. The Kier molecular flexibility index (Phi) is 9.72. The van der Waals surface area contributed by atoms with Crippen LogP contribution in [-0.4, -0.2) is 77.2 Å². The van der Waals surface area contributed by atoms with Gasteiger partial charge in [-0.25, -0.2) is 4.79 Å². The van der Waals surface area contributed by atoms with Gasteiger partial charge in [-0.1, -0.05) is 26.8 Å². The van der Waals surface area contributed by atoms with Gasteiger partial charge in [0.25, 0.3) is 0 Å². The summed E-state index contributed by atoms with van der Waals surface area (Å²) in [5.41, 5.74) is -0.703. The summed E-state index contributed by atoms with van der Waals surface area (Å²) in [6.45, 7) is 12.8. The Bertz CT molecular complexity index is 937. The van der Waals surface area contributed by atoms with Crippen molar-refractivity contribution in [3.05, 3.63) is 12.7 Å². The van der Waals surface area contributed by atoms with Crippen molar-refractivity contribution in [2.45, 2.75) is 103 Å². The largest absolute Gasteiger partial charge is 0.446 e. The zero-order valence-electron chi connectivity index (χ0n) is 23.2. The topological polar surface area (TPSA) is 144 Å². The zero-order valence-corrected chi connectivity index (χ0v) is 24.1. The highest BCUT2D eigenvalue weighted by molar-refractivity contribution is 7.56. The van der Waals surface area contributed by atoms with Crippen molar-refractivity contribution >= 4 is 25.5 Å². The molecule has 5 atom stereocenters. The van der Waals surface area contributed by atoms with E-state index in [1.165, 1.54) is 4.90 Å². The number of aliphatic hydroxyl groups is 1. The second-order valence-electron chi connectivity index (χ2n) is 11.4. The first-order chi connectivity index (χ1) is 17.8. The summed E-state index contributed by atoms with van der Waals surface area (Å²) < 4.78 is 30.3. The summed E-state index contributed by atoms with van der Waals surface area (Å²) in [5.74, 6) is -1.40.